The third kappa shape index (κ3) is 4.10. The van der Waals surface area contributed by atoms with E-state index in [-0.39, 0.29) is 28.0 Å². The maximum Gasteiger partial charge on any atom is 0.350 e. The number of hydrogen-bond acceptors (Lipinski definition) is 8. The van der Waals surface area contributed by atoms with Crippen molar-refractivity contribution in [1.29, 1.82) is 0 Å². The van der Waals surface area contributed by atoms with E-state index in [4.69, 9.17) is 14.2 Å². The molecule has 0 spiro atoms. The number of carbonyl (C=O) groups is 4. The van der Waals surface area contributed by atoms with E-state index < -0.39 is 23.9 Å². The maximum absolute atomic E-state index is 12.2. The Labute approximate surface area is 229 Å². The molecule has 0 N–H and O–H groups in total. The summed E-state index contributed by atoms with van der Waals surface area (Å²) < 4.78 is 21.7. The molecule has 0 radical (unpaired) electrons. The molecule has 8 heteroatoms. The van der Waals surface area contributed by atoms with Gasteiger partial charge in [-0.3, -0.25) is 0 Å². The lowest BCUT2D eigenvalue weighted by Gasteiger charge is -2.17. The fourth-order valence-corrected chi connectivity index (χ4v) is 5.10. The summed E-state index contributed by atoms with van der Waals surface area (Å²) >= 11 is 0. The van der Waals surface area contributed by atoms with Gasteiger partial charge < -0.3 is 18.9 Å². The molecule has 0 atom stereocenters. The molecule has 0 saturated heterocycles. The van der Waals surface area contributed by atoms with E-state index in [0.717, 1.165) is 33.4 Å². The summed E-state index contributed by atoms with van der Waals surface area (Å²) in [6.45, 7) is 7.70. The predicted molar refractivity (Wildman–Crippen MR) is 143 cm³/mol. The number of benzene rings is 4. The van der Waals surface area contributed by atoms with Gasteiger partial charge in [0.2, 0.25) is 0 Å². The Kier molecular flexibility index (Phi) is 5.76. The van der Waals surface area contributed by atoms with E-state index in [0.29, 0.717) is 17.2 Å². The van der Waals surface area contributed by atoms with Crippen molar-refractivity contribution < 1.29 is 38.1 Å². The van der Waals surface area contributed by atoms with Crippen molar-refractivity contribution in [1.82, 2.24) is 0 Å². The second-order valence-corrected chi connectivity index (χ2v) is 9.82. The van der Waals surface area contributed by atoms with Crippen molar-refractivity contribution in [3.63, 3.8) is 0 Å². The number of aryl methyl sites for hydroxylation is 4. The molecule has 40 heavy (non-hydrogen) atoms. The van der Waals surface area contributed by atoms with E-state index in [2.05, 4.69) is 4.74 Å². The highest BCUT2D eigenvalue weighted by Gasteiger charge is 2.33. The van der Waals surface area contributed by atoms with Gasteiger partial charge in [0.25, 0.3) is 0 Å². The van der Waals surface area contributed by atoms with Crippen molar-refractivity contribution >= 4 is 23.9 Å². The highest BCUT2D eigenvalue weighted by atomic mass is 16.6. The van der Waals surface area contributed by atoms with Gasteiger partial charge in [-0.1, -0.05) is 6.07 Å². The van der Waals surface area contributed by atoms with E-state index in [9.17, 15) is 19.2 Å². The molecule has 0 saturated carbocycles. The van der Waals surface area contributed by atoms with Crippen molar-refractivity contribution in [2.24, 2.45) is 0 Å². The minimum absolute atomic E-state index is 0.129. The maximum atomic E-state index is 12.2. The monoisotopic (exact) mass is 534 g/mol. The van der Waals surface area contributed by atoms with Crippen LogP contribution in [-0.2, 0) is 9.47 Å². The van der Waals surface area contributed by atoms with Crippen LogP contribution in [0, 0.1) is 27.7 Å². The molecule has 2 aliphatic rings. The van der Waals surface area contributed by atoms with Gasteiger partial charge in [0.15, 0.2) is 0 Å². The summed E-state index contributed by atoms with van der Waals surface area (Å²) in [5.74, 6) is -0.806. The largest absolute Gasteiger partial charge is 0.457 e. The quantitative estimate of drug-likeness (QED) is 0.204. The summed E-state index contributed by atoms with van der Waals surface area (Å²) in [6, 6.07) is 17.5. The van der Waals surface area contributed by atoms with E-state index in [1.807, 2.05) is 52.0 Å². The first-order valence-electron chi connectivity index (χ1n) is 12.5. The van der Waals surface area contributed by atoms with Crippen molar-refractivity contribution in [3.8, 4) is 34.1 Å². The summed E-state index contributed by atoms with van der Waals surface area (Å²) in [7, 11) is 0. The Morgan fingerprint density at radius 2 is 1.05 bits per heavy atom. The molecule has 0 bridgehead atoms. The van der Waals surface area contributed by atoms with Gasteiger partial charge in [-0.2, -0.15) is 0 Å². The van der Waals surface area contributed by atoms with Crippen molar-refractivity contribution in [3.05, 3.63) is 105 Å². The molecule has 0 unspecified atom stereocenters. The molecule has 0 amide bonds. The number of cyclic esters (lactones) is 4. The number of rotatable bonds is 5. The van der Waals surface area contributed by atoms with Crippen LogP contribution in [0.1, 0.15) is 63.7 Å². The van der Waals surface area contributed by atoms with Gasteiger partial charge in [0.1, 0.15) is 28.6 Å². The SMILES string of the molecule is Cc1cc(-c2cc(C)c(Oc3cccc4c3C(=O)OC4=O)c(C)c2)cc(C)c1Oc1ccc2c(c1)C(=O)OC2=O. The Balaban J connectivity index is 1.29. The van der Waals surface area contributed by atoms with E-state index >= 15 is 0 Å². The van der Waals surface area contributed by atoms with E-state index in [1.165, 1.54) is 18.2 Å². The molecule has 0 fully saturated rings. The van der Waals surface area contributed by atoms with Crippen LogP contribution in [0.2, 0.25) is 0 Å². The fraction of sp³-hybridized carbons (Fsp3) is 0.125. The van der Waals surface area contributed by atoms with Gasteiger partial charge in [-0.15, -0.1) is 0 Å². The normalized spacial score (nSPS) is 13.6. The first kappa shape index (κ1) is 25.1. The molecule has 4 aromatic rings. The zero-order chi connectivity index (χ0) is 28.3. The first-order valence-corrected chi connectivity index (χ1v) is 12.5. The molecule has 8 nitrogen and oxygen atoms in total. The molecule has 0 aliphatic carbocycles. The van der Waals surface area contributed by atoms with E-state index in [1.54, 1.807) is 18.2 Å². The Bertz CT molecular complexity index is 1770. The molecule has 6 rings (SSSR count). The van der Waals surface area contributed by atoms with Crippen LogP contribution in [0.4, 0.5) is 0 Å². The highest BCUT2D eigenvalue weighted by molar-refractivity contribution is 6.16. The summed E-state index contributed by atoms with van der Waals surface area (Å²) in [5, 5.41) is 0. The number of ether oxygens (including phenoxy) is 4. The lowest BCUT2D eigenvalue weighted by Crippen LogP contribution is -2.00. The summed E-state index contributed by atoms with van der Waals surface area (Å²) in [4.78, 5) is 47.8. The predicted octanol–water partition coefficient (Wildman–Crippen LogP) is 6.79. The topological polar surface area (TPSA) is 105 Å². The van der Waals surface area contributed by atoms with Crippen LogP contribution in [-0.4, -0.2) is 23.9 Å². The zero-order valence-corrected chi connectivity index (χ0v) is 22.0. The molecular weight excluding hydrogens is 512 g/mol. The van der Waals surface area contributed by atoms with Crippen LogP contribution in [0.3, 0.4) is 0 Å². The molecule has 2 heterocycles. The Morgan fingerprint density at radius 1 is 0.525 bits per heavy atom. The third-order valence-electron chi connectivity index (χ3n) is 6.94. The Morgan fingerprint density at radius 3 is 1.68 bits per heavy atom. The molecule has 2 aliphatic heterocycles. The molecule has 4 aromatic carbocycles. The first-order chi connectivity index (χ1) is 19.1. The summed E-state index contributed by atoms with van der Waals surface area (Å²) in [6.07, 6.45) is 0. The van der Waals surface area contributed by atoms with Gasteiger partial charge in [-0.05, 0) is 116 Å². The summed E-state index contributed by atoms with van der Waals surface area (Å²) in [5.41, 5.74) is 6.13. The Hall–Kier alpha value is -5.24. The fourth-order valence-electron chi connectivity index (χ4n) is 5.10. The van der Waals surface area contributed by atoms with Crippen LogP contribution in [0.25, 0.3) is 11.1 Å². The average molecular weight is 535 g/mol. The highest BCUT2D eigenvalue weighted by Crippen LogP contribution is 2.39. The zero-order valence-electron chi connectivity index (χ0n) is 22.0. The standard InChI is InChI=1S/C32H22O8/c1-15-10-19(11-16(2)27(15)37-21-8-9-22-24(14-21)31(35)39-29(22)33)20-12-17(3)28(18(4)13-20)38-25-7-5-6-23-26(25)32(36)40-30(23)34/h5-14H,1-4H3. The van der Waals surface area contributed by atoms with Gasteiger partial charge in [-0.25, -0.2) is 19.2 Å². The third-order valence-corrected chi connectivity index (χ3v) is 6.94. The molecule has 198 valence electrons. The van der Waals surface area contributed by atoms with Crippen molar-refractivity contribution in [2.45, 2.75) is 27.7 Å². The minimum atomic E-state index is -0.718. The number of esters is 4. The number of hydrogen-bond donors (Lipinski definition) is 0. The second kappa shape index (κ2) is 9.20. The molecule has 0 aromatic heterocycles. The number of fused-ring (bicyclic) bond motifs is 2. The number of carbonyl (C=O) groups excluding carboxylic acids is 4. The smallest absolute Gasteiger partial charge is 0.350 e. The van der Waals surface area contributed by atoms with Gasteiger partial charge in [0, 0.05) is 0 Å². The molecular formula is C32H22O8. The van der Waals surface area contributed by atoms with Crippen LogP contribution in [0.5, 0.6) is 23.0 Å². The van der Waals surface area contributed by atoms with Gasteiger partial charge in [0.05, 0.1) is 16.7 Å². The van der Waals surface area contributed by atoms with Crippen LogP contribution >= 0.6 is 0 Å². The minimum Gasteiger partial charge on any atom is -0.457 e. The van der Waals surface area contributed by atoms with Crippen molar-refractivity contribution in [2.75, 3.05) is 0 Å². The second-order valence-electron chi connectivity index (χ2n) is 9.82. The van der Waals surface area contributed by atoms with Gasteiger partial charge >= 0.3 is 23.9 Å². The van der Waals surface area contributed by atoms with Crippen LogP contribution < -0.4 is 9.47 Å². The average Bonchev–Trinajstić information content (AvgIpc) is 3.37. The lowest BCUT2D eigenvalue weighted by molar-refractivity contribution is 0.0425. The van der Waals surface area contributed by atoms with Crippen LogP contribution in [0.15, 0.2) is 60.7 Å². The lowest BCUT2D eigenvalue weighted by atomic mass is 9.96.